The van der Waals surface area contributed by atoms with Gasteiger partial charge in [0.15, 0.2) is 5.13 Å². The summed E-state index contributed by atoms with van der Waals surface area (Å²) in [7, 11) is 0. The number of benzene rings is 3. The fourth-order valence-electron chi connectivity index (χ4n) is 4.39. The second-order valence-electron chi connectivity index (χ2n) is 8.96. The fraction of sp³-hybridized carbons (Fsp3) is 0.258. The SMILES string of the molecule is CCN(CC)c1ccc(C(=O)Nc2ccc(-c3csc(NC(=O)c4ccc(N(CC)CC)cc4)n3)cc2)cc1. The summed E-state index contributed by atoms with van der Waals surface area (Å²) in [5.74, 6) is -0.345. The highest BCUT2D eigenvalue weighted by atomic mass is 32.1. The summed E-state index contributed by atoms with van der Waals surface area (Å²) in [5.41, 5.74) is 5.76. The summed E-state index contributed by atoms with van der Waals surface area (Å²) in [5, 5.41) is 8.29. The van der Waals surface area contributed by atoms with Gasteiger partial charge >= 0.3 is 0 Å². The van der Waals surface area contributed by atoms with Crippen LogP contribution in [0.25, 0.3) is 11.3 Å². The van der Waals surface area contributed by atoms with Crippen molar-refractivity contribution >= 4 is 45.3 Å². The lowest BCUT2D eigenvalue weighted by Gasteiger charge is -2.21. The summed E-state index contributed by atoms with van der Waals surface area (Å²) in [6, 6.07) is 22.8. The Morgan fingerprint density at radius 2 is 1.13 bits per heavy atom. The fourth-order valence-corrected chi connectivity index (χ4v) is 5.10. The predicted octanol–water partition coefficient (Wildman–Crippen LogP) is 7.01. The molecule has 4 aromatic rings. The van der Waals surface area contributed by atoms with Crippen LogP contribution in [-0.4, -0.2) is 43.0 Å². The average Bonchev–Trinajstić information content (AvgIpc) is 3.44. The molecule has 0 saturated heterocycles. The minimum absolute atomic E-state index is 0.155. The maximum Gasteiger partial charge on any atom is 0.257 e. The third-order valence-corrected chi connectivity index (χ3v) is 7.44. The van der Waals surface area contributed by atoms with Crippen molar-refractivity contribution in [2.24, 2.45) is 0 Å². The van der Waals surface area contributed by atoms with E-state index in [2.05, 4.69) is 53.1 Å². The van der Waals surface area contributed by atoms with Crippen LogP contribution in [0.15, 0.2) is 78.2 Å². The van der Waals surface area contributed by atoms with Gasteiger partial charge in [-0.15, -0.1) is 11.3 Å². The molecule has 0 fully saturated rings. The van der Waals surface area contributed by atoms with E-state index in [1.165, 1.54) is 11.3 Å². The van der Waals surface area contributed by atoms with E-state index in [0.29, 0.717) is 21.9 Å². The number of thiazole rings is 1. The molecule has 0 bridgehead atoms. The maximum atomic E-state index is 12.7. The van der Waals surface area contributed by atoms with Crippen molar-refractivity contribution in [3.63, 3.8) is 0 Å². The van der Waals surface area contributed by atoms with Gasteiger partial charge in [0, 0.05) is 65.3 Å². The monoisotopic (exact) mass is 541 g/mol. The van der Waals surface area contributed by atoms with Crippen molar-refractivity contribution in [3.8, 4) is 11.3 Å². The first kappa shape index (κ1) is 27.9. The third kappa shape index (κ3) is 6.83. The van der Waals surface area contributed by atoms with E-state index >= 15 is 0 Å². The molecule has 3 aromatic carbocycles. The molecule has 202 valence electrons. The van der Waals surface area contributed by atoms with Crippen LogP contribution in [0.3, 0.4) is 0 Å². The molecule has 0 radical (unpaired) electrons. The molecular formula is C31H35N5O2S. The zero-order chi connectivity index (χ0) is 27.8. The van der Waals surface area contributed by atoms with Crippen LogP contribution in [-0.2, 0) is 0 Å². The van der Waals surface area contributed by atoms with Gasteiger partial charge in [0.25, 0.3) is 11.8 Å². The van der Waals surface area contributed by atoms with E-state index in [4.69, 9.17) is 0 Å². The molecule has 8 heteroatoms. The maximum absolute atomic E-state index is 12.7. The second kappa shape index (κ2) is 13.1. The molecule has 2 N–H and O–H groups in total. The molecule has 0 aliphatic carbocycles. The first-order valence-corrected chi connectivity index (χ1v) is 14.2. The zero-order valence-electron chi connectivity index (χ0n) is 22.9. The van der Waals surface area contributed by atoms with Gasteiger partial charge in [-0.2, -0.15) is 0 Å². The number of hydrogen-bond donors (Lipinski definition) is 2. The highest BCUT2D eigenvalue weighted by Crippen LogP contribution is 2.27. The highest BCUT2D eigenvalue weighted by Gasteiger charge is 2.12. The molecule has 4 rings (SSSR count). The van der Waals surface area contributed by atoms with Crippen molar-refractivity contribution in [3.05, 3.63) is 89.3 Å². The van der Waals surface area contributed by atoms with Crippen molar-refractivity contribution in [1.82, 2.24) is 4.98 Å². The number of aromatic nitrogens is 1. The Morgan fingerprint density at radius 3 is 1.59 bits per heavy atom. The molecule has 7 nitrogen and oxygen atoms in total. The van der Waals surface area contributed by atoms with Gasteiger partial charge in [-0.3, -0.25) is 14.9 Å². The summed E-state index contributed by atoms with van der Waals surface area (Å²) in [6.45, 7) is 12.1. The van der Waals surface area contributed by atoms with Gasteiger partial charge in [-0.1, -0.05) is 12.1 Å². The van der Waals surface area contributed by atoms with Crippen LogP contribution in [0.2, 0.25) is 0 Å². The number of amides is 2. The Bertz CT molecular complexity index is 1370. The Balaban J connectivity index is 1.35. The van der Waals surface area contributed by atoms with Crippen LogP contribution in [0.5, 0.6) is 0 Å². The van der Waals surface area contributed by atoms with E-state index in [9.17, 15) is 9.59 Å². The lowest BCUT2D eigenvalue weighted by Crippen LogP contribution is -2.21. The number of nitrogens with one attached hydrogen (secondary N) is 2. The molecular weight excluding hydrogens is 506 g/mol. The van der Waals surface area contributed by atoms with Crippen molar-refractivity contribution in [2.45, 2.75) is 27.7 Å². The normalized spacial score (nSPS) is 10.7. The van der Waals surface area contributed by atoms with E-state index < -0.39 is 0 Å². The van der Waals surface area contributed by atoms with Gasteiger partial charge in [0.05, 0.1) is 5.69 Å². The largest absolute Gasteiger partial charge is 0.372 e. The number of rotatable bonds is 11. The lowest BCUT2D eigenvalue weighted by atomic mass is 10.1. The first-order chi connectivity index (χ1) is 18.9. The number of hydrogen-bond acceptors (Lipinski definition) is 6. The van der Waals surface area contributed by atoms with Crippen LogP contribution in [0, 0.1) is 0 Å². The summed E-state index contributed by atoms with van der Waals surface area (Å²) in [4.78, 5) is 34.5. The molecule has 0 atom stereocenters. The van der Waals surface area contributed by atoms with Crippen LogP contribution < -0.4 is 20.4 Å². The minimum atomic E-state index is -0.190. The zero-order valence-corrected chi connectivity index (χ0v) is 23.7. The van der Waals surface area contributed by atoms with E-state index in [0.717, 1.165) is 48.8 Å². The van der Waals surface area contributed by atoms with Gasteiger partial charge < -0.3 is 15.1 Å². The standard InChI is InChI=1S/C31H35N5O2S/c1-5-35(6-2)26-17-11-23(12-18-26)29(37)32-25-15-9-22(10-16-25)28-21-39-31(33-28)34-30(38)24-13-19-27(20-14-24)36(7-3)8-4/h9-21H,5-8H2,1-4H3,(H,32,37)(H,33,34,38). The quantitative estimate of drug-likeness (QED) is 0.214. The molecule has 2 amide bonds. The minimum Gasteiger partial charge on any atom is -0.372 e. The van der Waals surface area contributed by atoms with E-state index in [1.54, 1.807) is 0 Å². The Kier molecular flexibility index (Phi) is 9.33. The molecule has 0 unspecified atom stereocenters. The molecule has 0 aliphatic rings. The van der Waals surface area contributed by atoms with Crippen LogP contribution >= 0.6 is 11.3 Å². The third-order valence-electron chi connectivity index (χ3n) is 6.68. The van der Waals surface area contributed by atoms with Gasteiger partial charge in [-0.05, 0) is 88.4 Å². The van der Waals surface area contributed by atoms with Crippen LogP contribution in [0.1, 0.15) is 48.4 Å². The van der Waals surface area contributed by atoms with Crippen molar-refractivity contribution in [2.75, 3.05) is 46.6 Å². The topological polar surface area (TPSA) is 77.6 Å². The smallest absolute Gasteiger partial charge is 0.257 e. The van der Waals surface area contributed by atoms with Gasteiger partial charge in [0.1, 0.15) is 0 Å². The Morgan fingerprint density at radius 1 is 0.667 bits per heavy atom. The Hall–Kier alpha value is -4.17. The molecule has 0 spiro atoms. The second-order valence-corrected chi connectivity index (χ2v) is 9.82. The summed E-state index contributed by atoms with van der Waals surface area (Å²) < 4.78 is 0. The number of carbonyl (C=O) groups excluding carboxylic acids is 2. The van der Waals surface area contributed by atoms with E-state index in [1.807, 2.05) is 78.2 Å². The predicted molar refractivity (Wildman–Crippen MR) is 163 cm³/mol. The molecule has 39 heavy (non-hydrogen) atoms. The summed E-state index contributed by atoms with van der Waals surface area (Å²) in [6.07, 6.45) is 0. The number of carbonyl (C=O) groups is 2. The van der Waals surface area contributed by atoms with Crippen LogP contribution in [0.4, 0.5) is 22.2 Å². The average molecular weight is 542 g/mol. The number of nitrogens with zero attached hydrogens (tertiary/aromatic N) is 3. The van der Waals surface area contributed by atoms with Crippen molar-refractivity contribution in [1.29, 1.82) is 0 Å². The number of anilines is 4. The summed E-state index contributed by atoms with van der Waals surface area (Å²) >= 11 is 1.38. The molecule has 0 saturated carbocycles. The first-order valence-electron chi connectivity index (χ1n) is 13.3. The van der Waals surface area contributed by atoms with Crippen molar-refractivity contribution < 1.29 is 9.59 Å². The Labute approximate surface area is 234 Å². The molecule has 1 aromatic heterocycles. The highest BCUT2D eigenvalue weighted by molar-refractivity contribution is 7.14. The van der Waals surface area contributed by atoms with Gasteiger partial charge in [-0.25, -0.2) is 4.98 Å². The molecule has 0 aliphatic heterocycles. The van der Waals surface area contributed by atoms with E-state index in [-0.39, 0.29) is 11.8 Å². The lowest BCUT2D eigenvalue weighted by molar-refractivity contribution is 0.101. The van der Waals surface area contributed by atoms with Gasteiger partial charge in [0.2, 0.25) is 0 Å². The molecule has 1 heterocycles.